The summed E-state index contributed by atoms with van der Waals surface area (Å²) < 4.78 is 1.60. The molecule has 1 heterocycles. The standard InChI is InChI=1S/C16H15N5O2S/c17-13-5-1-11(2-6-13)9-10-24-16-18-19-20-21(16)14-7-3-12(4-8-14)15(22)23/h1-8H,9-10,17H2,(H,22,23). The van der Waals surface area contributed by atoms with E-state index in [1.807, 2.05) is 24.3 Å². The molecule has 0 aliphatic heterocycles. The molecule has 3 N–H and O–H groups in total. The molecule has 0 fully saturated rings. The number of nitrogens with zero attached hydrogens (tertiary/aromatic N) is 4. The van der Waals surface area contributed by atoms with E-state index in [0.717, 1.165) is 23.5 Å². The van der Waals surface area contributed by atoms with Gasteiger partial charge in [-0.2, -0.15) is 4.68 Å². The molecule has 0 atom stereocenters. The van der Waals surface area contributed by atoms with E-state index < -0.39 is 5.97 Å². The number of carboxylic acid groups (broad SMARTS) is 1. The Kier molecular flexibility index (Phi) is 4.76. The molecule has 0 aliphatic rings. The molecule has 1 aromatic heterocycles. The number of aromatic carboxylic acids is 1. The first-order valence-electron chi connectivity index (χ1n) is 7.23. The quantitative estimate of drug-likeness (QED) is 0.523. The van der Waals surface area contributed by atoms with E-state index in [2.05, 4.69) is 15.5 Å². The third kappa shape index (κ3) is 3.72. The zero-order chi connectivity index (χ0) is 16.9. The van der Waals surface area contributed by atoms with Gasteiger partial charge in [-0.1, -0.05) is 23.9 Å². The summed E-state index contributed by atoms with van der Waals surface area (Å²) in [5, 5.41) is 21.3. The van der Waals surface area contributed by atoms with E-state index in [1.165, 1.54) is 29.5 Å². The zero-order valence-electron chi connectivity index (χ0n) is 12.7. The normalized spacial score (nSPS) is 10.7. The average molecular weight is 341 g/mol. The number of aryl methyl sites for hydroxylation is 1. The molecule has 0 saturated heterocycles. The Bertz CT molecular complexity index is 830. The average Bonchev–Trinajstić information content (AvgIpc) is 3.05. The fraction of sp³-hybridized carbons (Fsp3) is 0.125. The minimum Gasteiger partial charge on any atom is -0.478 e. The fourth-order valence-corrected chi connectivity index (χ4v) is 3.00. The van der Waals surface area contributed by atoms with Crippen LogP contribution in [0.2, 0.25) is 0 Å². The van der Waals surface area contributed by atoms with E-state index in [9.17, 15) is 4.79 Å². The Labute approximate surface area is 142 Å². The maximum absolute atomic E-state index is 10.9. The number of nitrogens with two attached hydrogens (primary N) is 1. The predicted octanol–water partition coefficient (Wildman–Crippen LogP) is 2.28. The maximum Gasteiger partial charge on any atom is 0.335 e. The van der Waals surface area contributed by atoms with Gasteiger partial charge < -0.3 is 10.8 Å². The van der Waals surface area contributed by atoms with Crippen LogP contribution in [0.5, 0.6) is 0 Å². The molecule has 7 nitrogen and oxygen atoms in total. The van der Waals surface area contributed by atoms with Crippen LogP contribution in [0.25, 0.3) is 5.69 Å². The highest BCUT2D eigenvalue weighted by Crippen LogP contribution is 2.20. The molecule has 3 rings (SSSR count). The smallest absolute Gasteiger partial charge is 0.335 e. The molecule has 0 spiro atoms. The molecular weight excluding hydrogens is 326 g/mol. The number of carboxylic acids is 1. The SMILES string of the molecule is Nc1ccc(CCSc2nnnn2-c2ccc(C(=O)O)cc2)cc1. The number of carbonyl (C=O) groups is 1. The van der Waals surface area contributed by atoms with Crippen LogP contribution in [0.3, 0.4) is 0 Å². The number of thioether (sulfide) groups is 1. The third-order valence-electron chi connectivity index (χ3n) is 3.40. The number of tetrazole rings is 1. The van der Waals surface area contributed by atoms with Crippen molar-refractivity contribution in [3.05, 3.63) is 59.7 Å². The van der Waals surface area contributed by atoms with Crippen LogP contribution < -0.4 is 5.73 Å². The van der Waals surface area contributed by atoms with Gasteiger partial charge in [-0.25, -0.2) is 4.79 Å². The molecule has 0 aliphatic carbocycles. The van der Waals surface area contributed by atoms with Gasteiger partial charge in [0.25, 0.3) is 0 Å². The summed E-state index contributed by atoms with van der Waals surface area (Å²) in [6, 6.07) is 14.2. The number of hydrogen-bond acceptors (Lipinski definition) is 6. The lowest BCUT2D eigenvalue weighted by atomic mass is 10.2. The summed E-state index contributed by atoms with van der Waals surface area (Å²) >= 11 is 1.54. The molecule has 0 amide bonds. The van der Waals surface area contributed by atoms with Crippen LogP contribution in [0.1, 0.15) is 15.9 Å². The summed E-state index contributed by atoms with van der Waals surface area (Å²) in [6.45, 7) is 0. The highest BCUT2D eigenvalue weighted by atomic mass is 32.2. The fourth-order valence-electron chi connectivity index (χ4n) is 2.12. The Balaban J connectivity index is 1.66. The summed E-state index contributed by atoms with van der Waals surface area (Å²) in [6.07, 6.45) is 0.871. The highest BCUT2D eigenvalue weighted by molar-refractivity contribution is 7.99. The molecule has 0 bridgehead atoms. The van der Waals surface area contributed by atoms with Crippen molar-refractivity contribution in [3.8, 4) is 5.69 Å². The van der Waals surface area contributed by atoms with Gasteiger partial charge in [-0.05, 0) is 58.8 Å². The van der Waals surface area contributed by atoms with Crippen molar-refractivity contribution in [2.24, 2.45) is 0 Å². The van der Waals surface area contributed by atoms with Gasteiger partial charge >= 0.3 is 5.97 Å². The van der Waals surface area contributed by atoms with Gasteiger partial charge in [0.2, 0.25) is 5.16 Å². The number of benzene rings is 2. The van der Waals surface area contributed by atoms with Crippen LogP contribution in [-0.4, -0.2) is 37.0 Å². The third-order valence-corrected chi connectivity index (χ3v) is 4.32. The number of anilines is 1. The van der Waals surface area contributed by atoms with Gasteiger partial charge in [-0.15, -0.1) is 5.10 Å². The second-order valence-corrected chi connectivity index (χ2v) is 6.13. The first-order chi connectivity index (χ1) is 11.6. The molecule has 2 aromatic carbocycles. The molecule has 0 saturated carbocycles. The van der Waals surface area contributed by atoms with Crippen molar-refractivity contribution in [1.82, 2.24) is 20.2 Å². The lowest BCUT2D eigenvalue weighted by molar-refractivity contribution is 0.0697. The van der Waals surface area contributed by atoms with Crippen LogP contribution in [0.15, 0.2) is 53.7 Å². The zero-order valence-corrected chi connectivity index (χ0v) is 13.5. The van der Waals surface area contributed by atoms with Gasteiger partial charge in [0.1, 0.15) is 0 Å². The van der Waals surface area contributed by atoms with Gasteiger partial charge in [0.05, 0.1) is 11.3 Å². The van der Waals surface area contributed by atoms with Crippen LogP contribution in [-0.2, 0) is 6.42 Å². The number of rotatable bonds is 6. The summed E-state index contributed by atoms with van der Waals surface area (Å²) in [5.74, 6) is -0.145. The minimum atomic E-state index is -0.962. The monoisotopic (exact) mass is 341 g/mol. The largest absolute Gasteiger partial charge is 0.478 e. The van der Waals surface area contributed by atoms with Gasteiger partial charge in [-0.3, -0.25) is 0 Å². The van der Waals surface area contributed by atoms with Crippen LogP contribution in [0, 0.1) is 0 Å². The van der Waals surface area contributed by atoms with Gasteiger partial charge in [0, 0.05) is 11.4 Å². The summed E-state index contributed by atoms with van der Waals surface area (Å²) in [4.78, 5) is 10.9. The lowest BCUT2D eigenvalue weighted by Crippen LogP contribution is -2.02. The topological polar surface area (TPSA) is 107 Å². The first kappa shape index (κ1) is 16.0. The molecule has 0 radical (unpaired) electrons. The van der Waals surface area contributed by atoms with E-state index >= 15 is 0 Å². The van der Waals surface area contributed by atoms with Crippen molar-refractivity contribution in [2.45, 2.75) is 11.6 Å². The Morgan fingerprint density at radius 1 is 1.12 bits per heavy atom. The molecular formula is C16H15N5O2S. The Hall–Kier alpha value is -2.87. The van der Waals surface area contributed by atoms with Crippen molar-refractivity contribution in [2.75, 3.05) is 11.5 Å². The number of nitrogen functional groups attached to an aromatic ring is 1. The van der Waals surface area contributed by atoms with Gasteiger partial charge in [0.15, 0.2) is 0 Å². The van der Waals surface area contributed by atoms with Crippen molar-refractivity contribution < 1.29 is 9.90 Å². The predicted molar refractivity (Wildman–Crippen MR) is 91.4 cm³/mol. The van der Waals surface area contributed by atoms with Crippen molar-refractivity contribution in [3.63, 3.8) is 0 Å². The second kappa shape index (κ2) is 7.14. The Morgan fingerprint density at radius 2 is 1.83 bits per heavy atom. The molecule has 0 unspecified atom stereocenters. The summed E-state index contributed by atoms with van der Waals surface area (Å²) in [7, 11) is 0. The molecule has 122 valence electrons. The van der Waals surface area contributed by atoms with E-state index in [1.54, 1.807) is 16.8 Å². The minimum absolute atomic E-state index is 0.226. The summed E-state index contributed by atoms with van der Waals surface area (Å²) in [5.41, 5.74) is 8.57. The van der Waals surface area contributed by atoms with Crippen molar-refractivity contribution >= 4 is 23.4 Å². The lowest BCUT2D eigenvalue weighted by Gasteiger charge is -2.05. The van der Waals surface area contributed by atoms with E-state index in [4.69, 9.17) is 10.8 Å². The molecule has 24 heavy (non-hydrogen) atoms. The Morgan fingerprint density at radius 3 is 2.50 bits per heavy atom. The second-order valence-electron chi connectivity index (χ2n) is 5.07. The van der Waals surface area contributed by atoms with E-state index in [0.29, 0.717) is 5.16 Å². The van der Waals surface area contributed by atoms with Crippen molar-refractivity contribution in [1.29, 1.82) is 0 Å². The van der Waals surface area contributed by atoms with E-state index in [-0.39, 0.29) is 5.56 Å². The maximum atomic E-state index is 10.9. The first-order valence-corrected chi connectivity index (χ1v) is 8.21. The highest BCUT2D eigenvalue weighted by Gasteiger charge is 2.10. The number of hydrogen-bond donors (Lipinski definition) is 2. The van der Waals surface area contributed by atoms with Crippen LogP contribution in [0.4, 0.5) is 5.69 Å². The molecule has 3 aromatic rings. The van der Waals surface area contributed by atoms with Crippen LogP contribution >= 0.6 is 11.8 Å². The molecule has 8 heteroatoms. The number of aromatic nitrogens is 4.